The molecule has 106 valence electrons. The van der Waals surface area contributed by atoms with E-state index in [1.807, 2.05) is 19.0 Å². The van der Waals surface area contributed by atoms with E-state index < -0.39 is 22.4 Å². The zero-order valence-corrected chi connectivity index (χ0v) is 11.2. The molecule has 8 heteroatoms. The first-order valence-corrected chi connectivity index (χ1v) is 6.33. The lowest BCUT2D eigenvalue weighted by Crippen LogP contribution is -2.14. The summed E-state index contributed by atoms with van der Waals surface area (Å²) >= 11 is 1.17. The lowest BCUT2D eigenvalue weighted by molar-refractivity contribution is -0.388. The highest BCUT2D eigenvalue weighted by Crippen LogP contribution is 2.36. The molecule has 4 nitrogen and oxygen atoms in total. The Morgan fingerprint density at radius 3 is 2.47 bits per heavy atom. The fraction of sp³-hybridized carbons (Fsp3) is 0.455. The predicted molar refractivity (Wildman–Crippen MR) is 67.4 cm³/mol. The molecule has 0 aliphatic heterocycles. The van der Waals surface area contributed by atoms with Crippen molar-refractivity contribution in [3.63, 3.8) is 0 Å². The van der Waals surface area contributed by atoms with Crippen LogP contribution in [-0.2, 0) is 6.18 Å². The quantitative estimate of drug-likeness (QED) is 0.475. The van der Waals surface area contributed by atoms with Crippen LogP contribution in [0.2, 0.25) is 0 Å². The molecule has 0 bridgehead atoms. The zero-order chi connectivity index (χ0) is 14.6. The highest BCUT2D eigenvalue weighted by molar-refractivity contribution is 7.99. The molecule has 0 atom stereocenters. The number of hydrogen-bond donors (Lipinski definition) is 0. The van der Waals surface area contributed by atoms with Gasteiger partial charge in [0, 0.05) is 18.4 Å². The van der Waals surface area contributed by atoms with Crippen molar-refractivity contribution in [2.24, 2.45) is 0 Å². The van der Waals surface area contributed by atoms with Crippen LogP contribution in [-0.4, -0.2) is 36.2 Å². The summed E-state index contributed by atoms with van der Waals surface area (Å²) in [6, 6.07) is 2.60. The second kappa shape index (κ2) is 6.25. The number of alkyl halides is 3. The van der Waals surface area contributed by atoms with Crippen molar-refractivity contribution >= 4 is 17.4 Å². The van der Waals surface area contributed by atoms with Gasteiger partial charge in [-0.25, -0.2) is 0 Å². The summed E-state index contributed by atoms with van der Waals surface area (Å²) in [7, 11) is 3.70. The molecule has 1 aromatic rings. The third-order valence-electron chi connectivity index (χ3n) is 2.28. The van der Waals surface area contributed by atoms with Gasteiger partial charge in [-0.2, -0.15) is 13.2 Å². The van der Waals surface area contributed by atoms with E-state index in [4.69, 9.17) is 0 Å². The summed E-state index contributed by atoms with van der Waals surface area (Å²) in [5.74, 6) is 0.569. The molecular weight excluding hydrogens is 281 g/mol. The van der Waals surface area contributed by atoms with Gasteiger partial charge in [0.2, 0.25) is 0 Å². The molecule has 0 fully saturated rings. The molecule has 0 heterocycles. The molecule has 1 rings (SSSR count). The van der Waals surface area contributed by atoms with Gasteiger partial charge in [0.1, 0.15) is 0 Å². The number of halogens is 3. The maximum Gasteiger partial charge on any atom is 0.416 e. The van der Waals surface area contributed by atoms with Crippen molar-refractivity contribution in [1.82, 2.24) is 4.90 Å². The van der Waals surface area contributed by atoms with Crippen LogP contribution in [0.5, 0.6) is 0 Å². The minimum Gasteiger partial charge on any atom is -0.309 e. The van der Waals surface area contributed by atoms with Crippen molar-refractivity contribution in [1.29, 1.82) is 0 Å². The standard InChI is InChI=1S/C11H13F3N2O2S/c1-15(2)5-6-19-10-4-3-8(11(12,13)14)7-9(10)16(17)18/h3-4,7H,5-6H2,1-2H3. The Balaban J connectivity index is 2.96. The van der Waals surface area contributed by atoms with Gasteiger partial charge in [0.15, 0.2) is 0 Å². The molecule has 0 spiro atoms. The maximum absolute atomic E-state index is 12.5. The largest absolute Gasteiger partial charge is 0.416 e. The average molecular weight is 294 g/mol. The Bertz CT molecular complexity index is 464. The van der Waals surface area contributed by atoms with E-state index >= 15 is 0 Å². The Labute approximate surface area is 112 Å². The van der Waals surface area contributed by atoms with Gasteiger partial charge in [0.25, 0.3) is 5.69 Å². The van der Waals surface area contributed by atoms with Crippen molar-refractivity contribution in [2.45, 2.75) is 11.1 Å². The zero-order valence-electron chi connectivity index (χ0n) is 10.4. The van der Waals surface area contributed by atoms with E-state index in [2.05, 4.69) is 0 Å². The summed E-state index contributed by atoms with van der Waals surface area (Å²) in [6.45, 7) is 0.683. The summed E-state index contributed by atoms with van der Waals surface area (Å²) in [5, 5.41) is 10.8. The number of thioether (sulfide) groups is 1. The van der Waals surface area contributed by atoms with Crippen molar-refractivity contribution in [2.75, 3.05) is 26.4 Å². The van der Waals surface area contributed by atoms with Crippen LogP contribution < -0.4 is 0 Å². The first-order valence-electron chi connectivity index (χ1n) is 5.35. The average Bonchev–Trinajstić information content (AvgIpc) is 2.27. The molecule has 0 aliphatic carbocycles. The normalized spacial score (nSPS) is 11.9. The third kappa shape index (κ3) is 4.71. The molecule has 0 saturated heterocycles. The monoisotopic (exact) mass is 294 g/mol. The van der Waals surface area contributed by atoms with E-state index in [0.717, 1.165) is 12.1 Å². The van der Waals surface area contributed by atoms with Crippen molar-refractivity contribution < 1.29 is 18.1 Å². The Kier molecular flexibility index (Phi) is 5.19. The van der Waals surface area contributed by atoms with Gasteiger partial charge in [-0.3, -0.25) is 10.1 Å². The van der Waals surface area contributed by atoms with Crippen LogP contribution in [0, 0.1) is 10.1 Å². The summed E-state index contributed by atoms with van der Waals surface area (Å²) < 4.78 is 37.5. The second-order valence-corrected chi connectivity index (χ2v) is 5.23. The molecule has 0 N–H and O–H groups in total. The van der Waals surface area contributed by atoms with E-state index in [1.54, 1.807) is 0 Å². The van der Waals surface area contributed by atoms with Crippen LogP contribution >= 0.6 is 11.8 Å². The highest BCUT2D eigenvalue weighted by Gasteiger charge is 2.32. The molecule has 0 saturated carbocycles. The van der Waals surface area contributed by atoms with Gasteiger partial charge < -0.3 is 4.90 Å². The van der Waals surface area contributed by atoms with Gasteiger partial charge in [-0.05, 0) is 26.2 Å². The summed E-state index contributed by atoms with van der Waals surface area (Å²) in [4.78, 5) is 12.2. The first-order chi connectivity index (χ1) is 8.71. The van der Waals surface area contributed by atoms with Crippen LogP contribution in [0.15, 0.2) is 23.1 Å². The Hall–Kier alpha value is -1.28. The van der Waals surface area contributed by atoms with Crippen LogP contribution in [0.25, 0.3) is 0 Å². The number of nitro benzene ring substituents is 1. The SMILES string of the molecule is CN(C)CCSc1ccc(C(F)(F)F)cc1[N+](=O)[O-]. The van der Waals surface area contributed by atoms with E-state index in [-0.39, 0.29) is 4.90 Å². The molecule has 0 aliphatic rings. The fourth-order valence-corrected chi connectivity index (χ4v) is 2.42. The smallest absolute Gasteiger partial charge is 0.309 e. The van der Waals surface area contributed by atoms with Crippen LogP contribution in [0.4, 0.5) is 18.9 Å². The van der Waals surface area contributed by atoms with Gasteiger partial charge >= 0.3 is 6.18 Å². The Morgan fingerprint density at radius 2 is 2.00 bits per heavy atom. The molecule has 0 aromatic heterocycles. The summed E-state index contributed by atoms with van der Waals surface area (Å²) in [5.41, 5.74) is -1.50. The van der Waals surface area contributed by atoms with E-state index in [9.17, 15) is 23.3 Å². The molecule has 0 unspecified atom stereocenters. The summed E-state index contributed by atoms with van der Waals surface area (Å²) in [6.07, 6.45) is -4.57. The van der Waals surface area contributed by atoms with Crippen molar-refractivity contribution in [3.05, 3.63) is 33.9 Å². The number of benzene rings is 1. The molecular formula is C11H13F3N2O2S. The second-order valence-electron chi connectivity index (χ2n) is 4.09. The highest BCUT2D eigenvalue weighted by atomic mass is 32.2. The molecule has 19 heavy (non-hydrogen) atoms. The lowest BCUT2D eigenvalue weighted by Gasteiger charge is -2.10. The van der Waals surface area contributed by atoms with Gasteiger partial charge in [0.05, 0.1) is 15.4 Å². The molecule has 0 amide bonds. The van der Waals surface area contributed by atoms with E-state index in [0.29, 0.717) is 18.4 Å². The third-order valence-corrected chi connectivity index (χ3v) is 3.32. The topological polar surface area (TPSA) is 46.4 Å². The van der Waals surface area contributed by atoms with Crippen LogP contribution in [0.1, 0.15) is 5.56 Å². The number of rotatable bonds is 5. The number of nitrogens with zero attached hydrogens (tertiary/aromatic N) is 2. The maximum atomic E-state index is 12.5. The lowest BCUT2D eigenvalue weighted by atomic mass is 10.2. The first kappa shape index (κ1) is 15.8. The van der Waals surface area contributed by atoms with Gasteiger partial charge in [-0.1, -0.05) is 0 Å². The fourth-order valence-electron chi connectivity index (χ4n) is 1.30. The minimum absolute atomic E-state index is 0.250. The minimum atomic E-state index is -4.57. The molecule has 0 radical (unpaired) electrons. The Morgan fingerprint density at radius 1 is 1.37 bits per heavy atom. The number of hydrogen-bond acceptors (Lipinski definition) is 4. The predicted octanol–water partition coefficient (Wildman–Crippen LogP) is 3.27. The molecule has 1 aromatic carbocycles. The number of nitro groups is 1. The van der Waals surface area contributed by atoms with Gasteiger partial charge in [-0.15, -0.1) is 11.8 Å². The van der Waals surface area contributed by atoms with Crippen LogP contribution in [0.3, 0.4) is 0 Å². The van der Waals surface area contributed by atoms with Crippen molar-refractivity contribution in [3.8, 4) is 0 Å². The van der Waals surface area contributed by atoms with E-state index in [1.165, 1.54) is 11.8 Å².